The third-order valence-corrected chi connectivity index (χ3v) is 5.30. The van der Waals surface area contributed by atoms with E-state index in [2.05, 4.69) is 10.2 Å². The Balaban J connectivity index is 1.58. The van der Waals surface area contributed by atoms with Crippen LogP contribution in [0.1, 0.15) is 32.6 Å². The second-order valence-corrected chi connectivity index (χ2v) is 7.15. The third kappa shape index (κ3) is 4.11. The summed E-state index contributed by atoms with van der Waals surface area (Å²) in [6.07, 6.45) is 4.67. The number of carbonyl (C=O) groups excluding carboxylic acids is 1. The predicted molar refractivity (Wildman–Crippen MR) is 95.1 cm³/mol. The minimum atomic E-state index is 0.139. The number of amides is 1. The summed E-state index contributed by atoms with van der Waals surface area (Å²) >= 11 is 7.17. The SMILES string of the molecule is CCN(C(=O)CSc1nnc(-c2ccc(Cl)cc2)o1)C1CCCC1. The van der Waals surface area contributed by atoms with E-state index in [0.717, 1.165) is 24.9 Å². The molecule has 1 saturated carbocycles. The van der Waals surface area contributed by atoms with Gasteiger partial charge in [0.2, 0.25) is 11.8 Å². The minimum absolute atomic E-state index is 0.139. The highest BCUT2D eigenvalue weighted by Crippen LogP contribution is 2.27. The van der Waals surface area contributed by atoms with Crippen LogP contribution < -0.4 is 0 Å². The van der Waals surface area contributed by atoms with Crippen LogP contribution in [-0.4, -0.2) is 39.3 Å². The highest BCUT2D eigenvalue weighted by atomic mass is 35.5. The molecule has 7 heteroatoms. The van der Waals surface area contributed by atoms with E-state index >= 15 is 0 Å². The van der Waals surface area contributed by atoms with Gasteiger partial charge in [0.15, 0.2) is 0 Å². The smallest absolute Gasteiger partial charge is 0.277 e. The second kappa shape index (κ2) is 8.03. The monoisotopic (exact) mass is 365 g/mol. The van der Waals surface area contributed by atoms with E-state index in [0.29, 0.717) is 27.9 Å². The summed E-state index contributed by atoms with van der Waals surface area (Å²) < 4.78 is 5.63. The Labute approximate surface area is 150 Å². The average molecular weight is 366 g/mol. The number of rotatable bonds is 6. The van der Waals surface area contributed by atoms with Gasteiger partial charge in [-0.2, -0.15) is 0 Å². The van der Waals surface area contributed by atoms with Gasteiger partial charge in [-0.3, -0.25) is 4.79 Å². The van der Waals surface area contributed by atoms with Crippen LogP contribution in [0.15, 0.2) is 33.9 Å². The maximum absolute atomic E-state index is 12.4. The number of thioether (sulfide) groups is 1. The molecule has 0 bridgehead atoms. The lowest BCUT2D eigenvalue weighted by atomic mass is 10.2. The molecule has 0 saturated heterocycles. The van der Waals surface area contributed by atoms with Crippen LogP contribution in [-0.2, 0) is 4.79 Å². The van der Waals surface area contributed by atoms with Gasteiger partial charge in [0.05, 0.1) is 5.75 Å². The van der Waals surface area contributed by atoms with Crippen molar-refractivity contribution in [1.29, 1.82) is 0 Å². The molecule has 1 fully saturated rings. The van der Waals surface area contributed by atoms with Crippen molar-refractivity contribution < 1.29 is 9.21 Å². The van der Waals surface area contributed by atoms with Crippen molar-refractivity contribution in [2.24, 2.45) is 0 Å². The van der Waals surface area contributed by atoms with Gasteiger partial charge in [0.1, 0.15) is 0 Å². The summed E-state index contributed by atoms with van der Waals surface area (Å²) in [5.74, 6) is 0.900. The van der Waals surface area contributed by atoms with Crippen molar-refractivity contribution in [1.82, 2.24) is 15.1 Å². The lowest BCUT2D eigenvalue weighted by molar-refractivity contribution is -0.130. The number of carbonyl (C=O) groups is 1. The summed E-state index contributed by atoms with van der Waals surface area (Å²) in [4.78, 5) is 14.4. The Hall–Kier alpha value is -1.53. The molecule has 0 atom stereocenters. The summed E-state index contributed by atoms with van der Waals surface area (Å²) in [7, 11) is 0. The molecule has 3 rings (SSSR count). The zero-order valence-electron chi connectivity index (χ0n) is 13.6. The van der Waals surface area contributed by atoms with Crippen LogP contribution in [0.25, 0.3) is 11.5 Å². The zero-order valence-corrected chi connectivity index (χ0v) is 15.1. The fourth-order valence-corrected chi connectivity index (χ4v) is 3.81. The Bertz CT molecular complexity index is 683. The lowest BCUT2D eigenvalue weighted by Gasteiger charge is -2.27. The topological polar surface area (TPSA) is 59.2 Å². The van der Waals surface area contributed by atoms with E-state index in [1.54, 1.807) is 12.1 Å². The Morgan fingerprint density at radius 2 is 2.00 bits per heavy atom. The summed E-state index contributed by atoms with van der Waals surface area (Å²) in [5.41, 5.74) is 0.811. The number of halogens is 1. The Morgan fingerprint density at radius 1 is 1.29 bits per heavy atom. The second-order valence-electron chi connectivity index (χ2n) is 5.79. The van der Waals surface area contributed by atoms with Gasteiger partial charge < -0.3 is 9.32 Å². The van der Waals surface area contributed by atoms with Crippen molar-refractivity contribution >= 4 is 29.3 Å². The molecule has 1 aliphatic carbocycles. The Morgan fingerprint density at radius 3 is 2.67 bits per heavy atom. The number of aromatic nitrogens is 2. The zero-order chi connectivity index (χ0) is 16.9. The van der Waals surface area contributed by atoms with Crippen molar-refractivity contribution in [3.8, 4) is 11.5 Å². The van der Waals surface area contributed by atoms with Crippen molar-refractivity contribution in [3.63, 3.8) is 0 Å². The molecule has 2 aromatic rings. The molecular formula is C17H20ClN3O2S. The summed E-state index contributed by atoms with van der Waals surface area (Å²) in [6.45, 7) is 2.79. The fraction of sp³-hybridized carbons (Fsp3) is 0.471. The average Bonchev–Trinajstić information content (AvgIpc) is 3.26. The number of hydrogen-bond donors (Lipinski definition) is 0. The van der Waals surface area contributed by atoms with Gasteiger partial charge in [0, 0.05) is 23.2 Å². The maximum atomic E-state index is 12.4. The first-order chi connectivity index (χ1) is 11.7. The first-order valence-electron chi connectivity index (χ1n) is 8.19. The van der Waals surface area contributed by atoms with E-state index in [1.165, 1.54) is 24.6 Å². The molecule has 0 N–H and O–H groups in total. The standard InChI is InChI=1S/C17H20ClN3O2S/c1-2-21(14-5-3-4-6-14)15(22)11-24-17-20-19-16(23-17)12-7-9-13(18)10-8-12/h7-10,14H,2-6,11H2,1H3. The van der Waals surface area contributed by atoms with E-state index in [4.69, 9.17) is 16.0 Å². The fourth-order valence-electron chi connectivity index (χ4n) is 3.04. The highest BCUT2D eigenvalue weighted by molar-refractivity contribution is 7.99. The highest BCUT2D eigenvalue weighted by Gasteiger charge is 2.25. The van der Waals surface area contributed by atoms with Gasteiger partial charge in [-0.25, -0.2) is 0 Å². The van der Waals surface area contributed by atoms with Gasteiger partial charge in [-0.15, -0.1) is 10.2 Å². The number of benzene rings is 1. The maximum Gasteiger partial charge on any atom is 0.277 e. The molecule has 0 aliphatic heterocycles. The quantitative estimate of drug-likeness (QED) is 0.715. The summed E-state index contributed by atoms with van der Waals surface area (Å²) in [5, 5.41) is 9.11. The van der Waals surface area contributed by atoms with E-state index in [-0.39, 0.29) is 5.91 Å². The van der Waals surface area contributed by atoms with Gasteiger partial charge in [-0.05, 0) is 44.0 Å². The van der Waals surface area contributed by atoms with Crippen molar-refractivity contribution in [3.05, 3.63) is 29.3 Å². The molecule has 24 heavy (non-hydrogen) atoms. The number of hydrogen-bond acceptors (Lipinski definition) is 5. The van der Waals surface area contributed by atoms with Crippen LogP contribution >= 0.6 is 23.4 Å². The van der Waals surface area contributed by atoms with E-state index < -0.39 is 0 Å². The van der Waals surface area contributed by atoms with E-state index in [1.807, 2.05) is 24.0 Å². The third-order valence-electron chi connectivity index (χ3n) is 4.24. The molecule has 1 aliphatic rings. The van der Waals surface area contributed by atoms with Crippen LogP contribution in [0.3, 0.4) is 0 Å². The molecule has 1 aromatic carbocycles. The molecule has 0 unspecified atom stereocenters. The Kier molecular flexibility index (Phi) is 5.79. The van der Waals surface area contributed by atoms with Crippen molar-refractivity contribution in [2.45, 2.75) is 43.9 Å². The largest absolute Gasteiger partial charge is 0.411 e. The molecule has 0 radical (unpaired) electrons. The predicted octanol–water partition coefficient (Wildman–Crippen LogP) is 4.27. The van der Waals surface area contributed by atoms with Crippen LogP contribution in [0.2, 0.25) is 5.02 Å². The molecule has 1 aromatic heterocycles. The molecule has 1 heterocycles. The van der Waals surface area contributed by atoms with Crippen LogP contribution in [0, 0.1) is 0 Å². The van der Waals surface area contributed by atoms with Crippen molar-refractivity contribution in [2.75, 3.05) is 12.3 Å². The van der Waals surface area contributed by atoms with Crippen LogP contribution in [0.5, 0.6) is 0 Å². The number of nitrogens with zero attached hydrogens (tertiary/aromatic N) is 3. The van der Waals surface area contributed by atoms with E-state index in [9.17, 15) is 4.79 Å². The summed E-state index contributed by atoms with van der Waals surface area (Å²) in [6, 6.07) is 7.61. The minimum Gasteiger partial charge on any atom is -0.411 e. The molecule has 0 spiro atoms. The van der Waals surface area contributed by atoms with Gasteiger partial charge >= 0.3 is 0 Å². The lowest BCUT2D eigenvalue weighted by Crippen LogP contribution is -2.39. The molecular weight excluding hydrogens is 346 g/mol. The first kappa shape index (κ1) is 17.3. The normalized spacial score (nSPS) is 14.9. The van der Waals surface area contributed by atoms with Gasteiger partial charge in [-0.1, -0.05) is 36.2 Å². The van der Waals surface area contributed by atoms with Gasteiger partial charge in [0.25, 0.3) is 5.22 Å². The molecule has 128 valence electrons. The molecule has 1 amide bonds. The van der Waals surface area contributed by atoms with Crippen LogP contribution in [0.4, 0.5) is 0 Å². The first-order valence-corrected chi connectivity index (χ1v) is 9.55. The molecule has 5 nitrogen and oxygen atoms in total.